The number of fused-ring (bicyclic) bond motifs is 1. The zero-order chi connectivity index (χ0) is 19.1. The van der Waals surface area contributed by atoms with E-state index in [1.165, 1.54) is 12.1 Å². The lowest BCUT2D eigenvalue weighted by molar-refractivity contribution is -0.142. The van der Waals surface area contributed by atoms with E-state index in [1.807, 2.05) is 6.92 Å². The number of carbonyl (C=O) groups excluding carboxylic acids is 1. The van der Waals surface area contributed by atoms with Gasteiger partial charge in [0.1, 0.15) is 5.82 Å². The standard InChI is InChI=1S/C20H22FN3O3/c1-12-10-23(11-16(12)20(26)27)19(25)18-15-7-2-3-8-17(15)24(22-18)14-6-4-5-13(21)9-14/h4-6,9,12,16H,2-3,7-8,10-11H2,1H3,(H,26,27)/t12-,16-/m1/s1. The molecule has 2 heterocycles. The number of nitrogens with zero attached hydrogens (tertiary/aromatic N) is 3. The molecule has 1 aliphatic carbocycles. The molecule has 1 aromatic heterocycles. The van der Waals surface area contributed by atoms with Crippen LogP contribution in [0.15, 0.2) is 24.3 Å². The summed E-state index contributed by atoms with van der Waals surface area (Å²) in [7, 11) is 0. The monoisotopic (exact) mass is 371 g/mol. The number of halogens is 1. The second-order valence-corrected chi connectivity index (χ2v) is 7.50. The highest BCUT2D eigenvalue weighted by Crippen LogP contribution is 2.30. The molecule has 1 fully saturated rings. The lowest BCUT2D eigenvalue weighted by atomic mass is 9.95. The highest BCUT2D eigenvalue weighted by Gasteiger charge is 2.39. The Morgan fingerprint density at radius 2 is 2.00 bits per heavy atom. The number of carboxylic acids is 1. The van der Waals surface area contributed by atoms with Crippen molar-refractivity contribution in [2.75, 3.05) is 13.1 Å². The van der Waals surface area contributed by atoms with E-state index < -0.39 is 11.9 Å². The normalized spacial score (nSPS) is 21.9. The Morgan fingerprint density at radius 3 is 2.70 bits per heavy atom. The summed E-state index contributed by atoms with van der Waals surface area (Å²) in [6.45, 7) is 2.47. The van der Waals surface area contributed by atoms with Gasteiger partial charge in [0.25, 0.3) is 5.91 Å². The van der Waals surface area contributed by atoms with Crippen LogP contribution in [0.4, 0.5) is 4.39 Å². The fourth-order valence-electron chi connectivity index (χ4n) is 4.20. The molecule has 2 atom stereocenters. The first-order valence-corrected chi connectivity index (χ1v) is 9.34. The summed E-state index contributed by atoms with van der Waals surface area (Å²) in [5, 5.41) is 13.9. The molecule has 0 radical (unpaired) electrons. The molecule has 0 unspecified atom stereocenters. The zero-order valence-corrected chi connectivity index (χ0v) is 15.2. The van der Waals surface area contributed by atoms with Crippen LogP contribution < -0.4 is 0 Å². The van der Waals surface area contributed by atoms with Gasteiger partial charge < -0.3 is 10.0 Å². The molecule has 0 saturated carbocycles. The van der Waals surface area contributed by atoms with E-state index in [1.54, 1.807) is 21.7 Å². The van der Waals surface area contributed by atoms with E-state index in [2.05, 4.69) is 5.10 Å². The van der Waals surface area contributed by atoms with Crippen LogP contribution in [0.1, 0.15) is 41.5 Å². The molecule has 2 aliphatic rings. The Bertz CT molecular complexity index is 908. The molecule has 1 aliphatic heterocycles. The number of amides is 1. The van der Waals surface area contributed by atoms with Gasteiger partial charge in [0, 0.05) is 24.3 Å². The van der Waals surface area contributed by atoms with E-state index in [-0.39, 0.29) is 24.2 Å². The minimum Gasteiger partial charge on any atom is -0.481 e. The van der Waals surface area contributed by atoms with Crippen LogP contribution in [0, 0.1) is 17.7 Å². The summed E-state index contributed by atoms with van der Waals surface area (Å²) in [5.74, 6) is -2.08. The molecular weight excluding hydrogens is 349 g/mol. The van der Waals surface area contributed by atoms with Crippen molar-refractivity contribution in [3.05, 3.63) is 47.0 Å². The van der Waals surface area contributed by atoms with Crippen LogP contribution in [0.5, 0.6) is 0 Å². The number of aromatic nitrogens is 2. The highest BCUT2D eigenvalue weighted by atomic mass is 19.1. The summed E-state index contributed by atoms with van der Waals surface area (Å²) < 4.78 is 15.4. The predicted octanol–water partition coefficient (Wildman–Crippen LogP) is 2.68. The van der Waals surface area contributed by atoms with Crippen LogP contribution in [-0.4, -0.2) is 44.8 Å². The van der Waals surface area contributed by atoms with Crippen molar-refractivity contribution >= 4 is 11.9 Å². The molecule has 4 rings (SSSR count). The summed E-state index contributed by atoms with van der Waals surface area (Å²) >= 11 is 0. The first-order chi connectivity index (χ1) is 13.0. The first kappa shape index (κ1) is 17.7. The molecule has 0 bridgehead atoms. The largest absolute Gasteiger partial charge is 0.481 e. The van der Waals surface area contributed by atoms with Gasteiger partial charge in [-0.05, 0) is 49.8 Å². The van der Waals surface area contributed by atoms with Gasteiger partial charge in [-0.2, -0.15) is 5.10 Å². The van der Waals surface area contributed by atoms with Crippen molar-refractivity contribution in [1.82, 2.24) is 14.7 Å². The van der Waals surface area contributed by atoms with Crippen LogP contribution in [0.3, 0.4) is 0 Å². The van der Waals surface area contributed by atoms with Gasteiger partial charge in [-0.3, -0.25) is 9.59 Å². The molecule has 142 valence electrons. The van der Waals surface area contributed by atoms with E-state index in [0.29, 0.717) is 17.9 Å². The molecule has 1 saturated heterocycles. The van der Waals surface area contributed by atoms with Gasteiger partial charge in [0.05, 0.1) is 11.6 Å². The van der Waals surface area contributed by atoms with E-state index >= 15 is 0 Å². The van der Waals surface area contributed by atoms with Crippen molar-refractivity contribution in [2.24, 2.45) is 11.8 Å². The fraction of sp³-hybridized carbons (Fsp3) is 0.450. The zero-order valence-electron chi connectivity index (χ0n) is 15.2. The second-order valence-electron chi connectivity index (χ2n) is 7.50. The minimum absolute atomic E-state index is 0.0902. The van der Waals surface area contributed by atoms with Crippen molar-refractivity contribution in [1.29, 1.82) is 0 Å². The topological polar surface area (TPSA) is 75.4 Å². The van der Waals surface area contributed by atoms with Gasteiger partial charge in [-0.25, -0.2) is 9.07 Å². The molecule has 6 nitrogen and oxygen atoms in total. The van der Waals surface area contributed by atoms with Crippen molar-refractivity contribution in [2.45, 2.75) is 32.6 Å². The SMILES string of the molecule is C[C@@H]1CN(C(=O)c2nn(-c3cccc(F)c3)c3c2CCCC3)C[C@H]1C(=O)O. The summed E-state index contributed by atoms with van der Waals surface area (Å²) in [5.41, 5.74) is 2.86. The third-order valence-electron chi connectivity index (χ3n) is 5.65. The van der Waals surface area contributed by atoms with Crippen molar-refractivity contribution in [3.8, 4) is 5.69 Å². The predicted molar refractivity (Wildman–Crippen MR) is 96.4 cm³/mol. The van der Waals surface area contributed by atoms with Gasteiger partial charge in [-0.15, -0.1) is 0 Å². The van der Waals surface area contributed by atoms with Crippen LogP contribution in [0.2, 0.25) is 0 Å². The molecule has 1 N–H and O–H groups in total. The number of likely N-dealkylation sites (tertiary alicyclic amines) is 1. The van der Waals surface area contributed by atoms with E-state index in [4.69, 9.17) is 0 Å². The van der Waals surface area contributed by atoms with Crippen molar-refractivity contribution < 1.29 is 19.1 Å². The maximum absolute atomic E-state index is 13.7. The van der Waals surface area contributed by atoms with E-state index in [0.717, 1.165) is 36.9 Å². The number of hydrogen-bond acceptors (Lipinski definition) is 3. The summed E-state index contributed by atoms with van der Waals surface area (Å²) in [6.07, 6.45) is 3.54. The van der Waals surface area contributed by atoms with Crippen molar-refractivity contribution in [3.63, 3.8) is 0 Å². The average molecular weight is 371 g/mol. The van der Waals surface area contributed by atoms with Gasteiger partial charge >= 0.3 is 5.97 Å². The molecule has 7 heteroatoms. The Balaban J connectivity index is 1.71. The van der Waals surface area contributed by atoms with Crippen LogP contribution in [-0.2, 0) is 17.6 Å². The number of hydrogen-bond donors (Lipinski definition) is 1. The molecule has 2 aromatic rings. The maximum Gasteiger partial charge on any atom is 0.308 e. The summed E-state index contributed by atoms with van der Waals surface area (Å²) in [4.78, 5) is 26.1. The number of aliphatic carboxylic acids is 1. The molecule has 1 amide bonds. The Morgan fingerprint density at radius 1 is 1.22 bits per heavy atom. The Labute approximate surface area is 156 Å². The van der Waals surface area contributed by atoms with Crippen LogP contribution >= 0.6 is 0 Å². The lowest BCUT2D eigenvalue weighted by Crippen LogP contribution is -2.31. The lowest BCUT2D eigenvalue weighted by Gasteiger charge is -2.17. The van der Waals surface area contributed by atoms with Gasteiger partial charge in [0.2, 0.25) is 0 Å². The third-order valence-corrected chi connectivity index (χ3v) is 5.65. The second kappa shape index (κ2) is 6.79. The first-order valence-electron chi connectivity index (χ1n) is 9.34. The molecular formula is C20H22FN3O3. The Hall–Kier alpha value is -2.70. The maximum atomic E-state index is 13.7. The van der Waals surface area contributed by atoms with Gasteiger partial charge in [0.15, 0.2) is 5.69 Å². The molecule has 0 spiro atoms. The molecule has 27 heavy (non-hydrogen) atoms. The van der Waals surface area contributed by atoms with Gasteiger partial charge in [-0.1, -0.05) is 13.0 Å². The smallest absolute Gasteiger partial charge is 0.308 e. The van der Waals surface area contributed by atoms with Crippen LogP contribution in [0.25, 0.3) is 5.69 Å². The average Bonchev–Trinajstić information content (AvgIpc) is 3.22. The number of carbonyl (C=O) groups is 2. The number of carboxylic acid groups (broad SMARTS) is 1. The third kappa shape index (κ3) is 3.11. The molecule has 1 aromatic carbocycles. The van der Waals surface area contributed by atoms with E-state index in [9.17, 15) is 19.1 Å². The minimum atomic E-state index is -0.870. The Kier molecular flexibility index (Phi) is 4.45. The number of rotatable bonds is 3. The quantitative estimate of drug-likeness (QED) is 0.900. The summed E-state index contributed by atoms with van der Waals surface area (Å²) in [6, 6.07) is 6.19. The highest BCUT2D eigenvalue weighted by molar-refractivity contribution is 5.95. The number of benzene rings is 1. The fourth-order valence-corrected chi connectivity index (χ4v) is 4.20.